The summed E-state index contributed by atoms with van der Waals surface area (Å²) in [6.45, 7) is 6.39. The number of nitrogens with zero attached hydrogens (tertiary/aromatic N) is 6. The molecule has 1 amide bonds. The number of H-pyrrole nitrogens is 1. The van der Waals surface area contributed by atoms with Crippen molar-refractivity contribution in [2.24, 2.45) is 4.99 Å². The highest BCUT2D eigenvalue weighted by atomic mass is 19.4. The highest BCUT2D eigenvalue weighted by Crippen LogP contribution is 2.42. The van der Waals surface area contributed by atoms with Crippen LogP contribution in [0.4, 0.5) is 42.5 Å². The van der Waals surface area contributed by atoms with Gasteiger partial charge in [-0.1, -0.05) is 0 Å². The number of amides is 1. The minimum atomic E-state index is -4.87. The summed E-state index contributed by atoms with van der Waals surface area (Å²) in [4.78, 5) is 42.9. The van der Waals surface area contributed by atoms with E-state index in [9.17, 15) is 51.4 Å². The van der Waals surface area contributed by atoms with E-state index in [4.69, 9.17) is 14.3 Å². The van der Waals surface area contributed by atoms with Crippen LogP contribution in [0.15, 0.2) is 41.4 Å². The summed E-state index contributed by atoms with van der Waals surface area (Å²) >= 11 is 0. The first kappa shape index (κ1) is 39.9. The van der Waals surface area contributed by atoms with Gasteiger partial charge in [-0.2, -0.15) is 31.0 Å². The lowest BCUT2D eigenvalue weighted by Gasteiger charge is -2.12. The van der Waals surface area contributed by atoms with Gasteiger partial charge in [0.15, 0.2) is 0 Å². The van der Waals surface area contributed by atoms with E-state index in [1.807, 2.05) is 0 Å². The maximum atomic E-state index is 13.2. The number of aryl methyl sites for hydroxylation is 1. The van der Waals surface area contributed by atoms with Gasteiger partial charge in [0.25, 0.3) is 11.4 Å². The number of hydrogen-bond donors (Lipinski definition) is 2. The fourth-order valence-corrected chi connectivity index (χ4v) is 3.61. The van der Waals surface area contributed by atoms with E-state index >= 15 is 0 Å². The van der Waals surface area contributed by atoms with E-state index in [-0.39, 0.29) is 11.8 Å². The quantitative estimate of drug-likeness (QED) is 0.0679. The van der Waals surface area contributed by atoms with E-state index in [1.54, 1.807) is 20.8 Å². The zero-order chi connectivity index (χ0) is 38.1. The Bertz CT molecular complexity index is 1930. The molecule has 0 saturated carbocycles. The van der Waals surface area contributed by atoms with Crippen molar-refractivity contribution in [3.63, 3.8) is 0 Å². The number of rotatable bonds is 6. The lowest BCUT2D eigenvalue weighted by Crippen LogP contribution is -2.26. The van der Waals surface area contributed by atoms with Gasteiger partial charge in [0, 0.05) is 55.2 Å². The van der Waals surface area contributed by atoms with Gasteiger partial charge in [0.05, 0.1) is 15.5 Å². The molecule has 0 unspecified atom stereocenters. The van der Waals surface area contributed by atoms with Crippen molar-refractivity contribution in [1.29, 1.82) is 0 Å². The molecule has 50 heavy (non-hydrogen) atoms. The molecule has 0 aliphatic rings. The van der Waals surface area contributed by atoms with Crippen LogP contribution in [-0.4, -0.2) is 56.0 Å². The van der Waals surface area contributed by atoms with Crippen molar-refractivity contribution in [3.05, 3.63) is 90.3 Å². The summed E-state index contributed by atoms with van der Waals surface area (Å²) in [6, 6.07) is 3.81. The largest absolute Gasteiger partial charge is 0.437 e. The van der Waals surface area contributed by atoms with Gasteiger partial charge in [0.1, 0.15) is 22.6 Å². The summed E-state index contributed by atoms with van der Waals surface area (Å²) in [5.74, 6) is -1.40. The molecule has 0 radical (unpaired) electrons. The number of halogens is 6. The highest BCUT2D eigenvalue weighted by molar-refractivity contribution is 5.76. The number of benzene rings is 2. The van der Waals surface area contributed by atoms with Crippen LogP contribution in [0, 0.1) is 47.9 Å². The van der Waals surface area contributed by atoms with Gasteiger partial charge in [-0.25, -0.2) is 14.6 Å². The Morgan fingerprint density at radius 3 is 1.66 bits per heavy atom. The van der Waals surface area contributed by atoms with Gasteiger partial charge in [0.2, 0.25) is 17.8 Å². The Balaban J connectivity index is 0.000000317. The third kappa shape index (κ3) is 9.86. The van der Waals surface area contributed by atoms with Crippen LogP contribution in [-0.2, 0) is 17.1 Å². The average molecular weight is 717 g/mol. The van der Waals surface area contributed by atoms with Gasteiger partial charge in [-0.3, -0.25) is 25.3 Å². The number of ether oxygens (including phenoxy) is 2. The van der Waals surface area contributed by atoms with Crippen molar-refractivity contribution in [2.45, 2.75) is 40.0 Å². The molecule has 268 valence electrons. The van der Waals surface area contributed by atoms with Crippen molar-refractivity contribution >= 4 is 23.5 Å². The Hall–Kier alpha value is -6.31. The van der Waals surface area contributed by atoms with E-state index in [0.717, 1.165) is 28.9 Å². The SMILES string of the molecule is CN=C=O.CNC(=O)n1nc(Oc2ccc([N+](=O)[O-])cc2C(F)(F)F)c(C)c1C.Cc1[nH]nc(Oc2ccc([N+](=O)[O-])cc2C(F)(F)F)c1C. The van der Waals surface area contributed by atoms with Gasteiger partial charge in [-0.15, -0.1) is 10.2 Å². The molecular formula is C28H26F6N8O8. The maximum absolute atomic E-state index is 13.2. The molecule has 0 aliphatic carbocycles. The summed E-state index contributed by atoms with van der Waals surface area (Å²) in [5.41, 5.74) is -1.97. The lowest BCUT2D eigenvalue weighted by molar-refractivity contribution is -0.385. The molecule has 2 aromatic heterocycles. The standard InChI is InChI=1S/C14H13F3N4O4.C12H10F3N3O3.C2H3NO/c1-7-8(2)20(13(22)18-3)19-12(7)25-11-5-4-9(21(23)24)6-10(11)14(15,16)17;1-6-7(2)16-17-11(6)21-10-4-3-8(18(19)20)5-9(10)12(13,14)15;1-3-2-4/h4-6H,1-3H3,(H,18,22);3-5H,1-2H3,(H,16,17);1H3. The molecule has 0 atom stereocenters. The smallest absolute Gasteiger partial charge is 0.420 e. The summed E-state index contributed by atoms with van der Waals surface area (Å²) < 4.78 is 89.7. The van der Waals surface area contributed by atoms with E-state index in [1.165, 1.54) is 27.1 Å². The fraction of sp³-hybridized carbons (Fsp3) is 0.286. The summed E-state index contributed by atoms with van der Waals surface area (Å²) in [5, 5.41) is 33.8. The highest BCUT2D eigenvalue weighted by Gasteiger charge is 2.38. The predicted octanol–water partition coefficient (Wildman–Crippen LogP) is 7.10. The van der Waals surface area contributed by atoms with Gasteiger partial charge in [-0.05, 0) is 39.8 Å². The number of carbonyl (C=O) groups is 1. The topological polar surface area (TPSA) is 210 Å². The number of aromatic amines is 1. The molecule has 4 aromatic rings. The third-order valence-corrected chi connectivity index (χ3v) is 6.45. The van der Waals surface area contributed by atoms with Gasteiger partial charge >= 0.3 is 18.4 Å². The minimum absolute atomic E-state index is 0.00754. The van der Waals surface area contributed by atoms with Gasteiger partial charge < -0.3 is 14.8 Å². The second-order valence-electron chi connectivity index (χ2n) is 9.65. The first-order valence-corrected chi connectivity index (χ1v) is 13.5. The molecule has 22 heteroatoms. The molecule has 2 N–H and O–H groups in total. The number of non-ortho nitro benzene ring substituents is 2. The molecule has 4 rings (SSSR count). The van der Waals surface area contributed by atoms with E-state index < -0.39 is 62.2 Å². The summed E-state index contributed by atoms with van der Waals surface area (Å²) in [7, 11) is 2.75. The number of carbonyl (C=O) groups excluding carboxylic acids is 2. The van der Waals surface area contributed by atoms with Crippen molar-refractivity contribution in [3.8, 4) is 23.3 Å². The van der Waals surface area contributed by atoms with Crippen LogP contribution in [0.25, 0.3) is 0 Å². The van der Waals surface area contributed by atoms with E-state index in [0.29, 0.717) is 34.6 Å². The van der Waals surface area contributed by atoms with Crippen LogP contribution in [0.3, 0.4) is 0 Å². The van der Waals surface area contributed by atoms with Crippen LogP contribution < -0.4 is 14.8 Å². The Labute approximate surface area is 277 Å². The molecule has 0 aliphatic heterocycles. The normalized spacial score (nSPS) is 10.8. The zero-order valence-electron chi connectivity index (χ0n) is 26.7. The first-order chi connectivity index (χ1) is 23.2. The molecule has 2 aromatic carbocycles. The number of aromatic nitrogens is 4. The molecule has 0 bridgehead atoms. The monoisotopic (exact) mass is 716 g/mol. The second-order valence-corrected chi connectivity index (χ2v) is 9.65. The second kappa shape index (κ2) is 16.2. The predicted molar refractivity (Wildman–Crippen MR) is 160 cm³/mol. The molecule has 0 spiro atoms. The van der Waals surface area contributed by atoms with Crippen LogP contribution in [0.1, 0.15) is 33.6 Å². The first-order valence-electron chi connectivity index (χ1n) is 13.5. The minimum Gasteiger partial charge on any atom is -0.437 e. The number of nitrogens with one attached hydrogen (secondary N) is 2. The lowest BCUT2D eigenvalue weighted by atomic mass is 10.1. The molecule has 16 nitrogen and oxygen atoms in total. The molecule has 0 fully saturated rings. The third-order valence-electron chi connectivity index (χ3n) is 6.45. The molecular weight excluding hydrogens is 690 g/mol. The Morgan fingerprint density at radius 1 is 0.880 bits per heavy atom. The number of nitro groups is 2. The average Bonchev–Trinajstić information content (AvgIpc) is 3.51. The van der Waals surface area contributed by atoms with Crippen molar-refractivity contribution in [2.75, 3.05) is 14.1 Å². The maximum Gasteiger partial charge on any atom is 0.420 e. The van der Waals surface area contributed by atoms with Crippen molar-refractivity contribution in [1.82, 2.24) is 25.3 Å². The number of aliphatic imine (C=N–C) groups is 1. The van der Waals surface area contributed by atoms with Crippen LogP contribution in [0.5, 0.6) is 23.3 Å². The fourth-order valence-electron chi connectivity index (χ4n) is 3.61. The number of alkyl halides is 6. The number of hydrogen-bond acceptors (Lipinski definition) is 11. The van der Waals surface area contributed by atoms with E-state index in [2.05, 4.69) is 25.6 Å². The Kier molecular flexibility index (Phi) is 12.9. The molecule has 0 saturated heterocycles. The molecule has 2 heterocycles. The summed E-state index contributed by atoms with van der Waals surface area (Å²) in [6.07, 6.45) is -8.34. The van der Waals surface area contributed by atoms with Crippen molar-refractivity contribution < 1.29 is 55.3 Å². The number of isocyanates is 1. The van der Waals surface area contributed by atoms with Crippen LogP contribution >= 0.6 is 0 Å². The van der Waals surface area contributed by atoms with Crippen LogP contribution in [0.2, 0.25) is 0 Å². The zero-order valence-corrected chi connectivity index (χ0v) is 26.7. The Morgan fingerprint density at radius 2 is 1.32 bits per heavy atom. The number of nitro benzene ring substituents is 2.